The Labute approximate surface area is 92.8 Å². The van der Waals surface area contributed by atoms with Crippen LogP contribution in [0.3, 0.4) is 0 Å². The number of benzene rings is 1. The Morgan fingerprint density at radius 2 is 2.25 bits per heavy atom. The highest BCUT2D eigenvalue weighted by atomic mass is 16.5. The fourth-order valence-electron chi connectivity index (χ4n) is 1.23. The van der Waals surface area contributed by atoms with Gasteiger partial charge in [0.15, 0.2) is 5.75 Å². The Morgan fingerprint density at radius 3 is 2.75 bits per heavy atom. The van der Waals surface area contributed by atoms with Gasteiger partial charge in [0, 0.05) is 0 Å². The van der Waals surface area contributed by atoms with Gasteiger partial charge in [-0.05, 0) is 19.1 Å². The average molecular weight is 221 g/mol. The smallest absolute Gasteiger partial charge is 0.345 e. The molecule has 5 nitrogen and oxygen atoms in total. The van der Waals surface area contributed by atoms with Crippen molar-refractivity contribution in [2.24, 2.45) is 0 Å². The van der Waals surface area contributed by atoms with Crippen LogP contribution in [-0.4, -0.2) is 24.8 Å². The molecule has 0 saturated heterocycles. The summed E-state index contributed by atoms with van der Waals surface area (Å²) < 4.78 is 9.69. The van der Waals surface area contributed by atoms with Crippen molar-refractivity contribution in [1.82, 2.24) is 0 Å². The molecule has 0 radical (unpaired) electrons. The van der Waals surface area contributed by atoms with Crippen molar-refractivity contribution < 1.29 is 19.4 Å². The summed E-state index contributed by atoms with van der Waals surface area (Å²) in [4.78, 5) is 11.5. The molecule has 0 atom stereocenters. The molecule has 1 aromatic carbocycles. The van der Waals surface area contributed by atoms with Gasteiger partial charge in [-0.25, -0.2) is 4.79 Å². The molecule has 1 rings (SSSR count). The van der Waals surface area contributed by atoms with E-state index in [4.69, 9.17) is 14.7 Å². The van der Waals surface area contributed by atoms with E-state index in [1.54, 1.807) is 13.0 Å². The van der Waals surface area contributed by atoms with Gasteiger partial charge >= 0.3 is 5.97 Å². The molecule has 16 heavy (non-hydrogen) atoms. The number of phenolic OH excluding ortho intramolecular Hbond substituents is 1. The minimum atomic E-state index is -0.714. The molecular formula is C11H11NO4. The lowest BCUT2D eigenvalue weighted by Gasteiger charge is -2.10. The molecule has 84 valence electrons. The second-order valence-corrected chi connectivity index (χ2v) is 2.87. The maximum absolute atomic E-state index is 11.5. The zero-order valence-corrected chi connectivity index (χ0v) is 8.98. The SMILES string of the molecule is CCOC(=O)c1c(OC)ccc(C#N)c1O. The Kier molecular flexibility index (Phi) is 3.72. The van der Waals surface area contributed by atoms with Gasteiger partial charge in [-0.1, -0.05) is 0 Å². The summed E-state index contributed by atoms with van der Waals surface area (Å²) >= 11 is 0. The van der Waals surface area contributed by atoms with Gasteiger partial charge < -0.3 is 14.6 Å². The minimum absolute atomic E-state index is 0.00357. The monoisotopic (exact) mass is 221 g/mol. The van der Waals surface area contributed by atoms with E-state index in [2.05, 4.69) is 0 Å². The lowest BCUT2D eigenvalue weighted by molar-refractivity contribution is 0.0519. The van der Waals surface area contributed by atoms with Crippen LogP contribution in [0, 0.1) is 11.3 Å². The Bertz CT molecular complexity index is 448. The predicted octanol–water partition coefficient (Wildman–Crippen LogP) is 1.45. The zero-order chi connectivity index (χ0) is 12.1. The van der Waals surface area contributed by atoms with E-state index in [1.807, 2.05) is 0 Å². The molecule has 0 amide bonds. The number of rotatable bonds is 3. The highest BCUT2D eigenvalue weighted by molar-refractivity contribution is 5.96. The number of methoxy groups -OCH3 is 1. The van der Waals surface area contributed by atoms with Crippen molar-refractivity contribution in [2.75, 3.05) is 13.7 Å². The number of phenols is 1. The van der Waals surface area contributed by atoms with Crippen molar-refractivity contribution in [2.45, 2.75) is 6.92 Å². The first-order valence-electron chi connectivity index (χ1n) is 4.62. The van der Waals surface area contributed by atoms with Gasteiger partial charge in [0.2, 0.25) is 0 Å². The number of nitrogens with zero attached hydrogens (tertiary/aromatic N) is 1. The number of hydrogen-bond donors (Lipinski definition) is 1. The topological polar surface area (TPSA) is 79.5 Å². The molecule has 0 aromatic heterocycles. The summed E-state index contributed by atoms with van der Waals surface area (Å²) in [5.41, 5.74) is -0.118. The number of nitriles is 1. The molecule has 0 spiro atoms. The maximum atomic E-state index is 11.5. The van der Waals surface area contributed by atoms with E-state index in [0.717, 1.165) is 0 Å². The van der Waals surface area contributed by atoms with Crippen LogP contribution in [0.25, 0.3) is 0 Å². The quantitative estimate of drug-likeness (QED) is 0.781. The number of ether oxygens (including phenoxy) is 2. The summed E-state index contributed by atoms with van der Waals surface area (Å²) in [5.74, 6) is -0.954. The van der Waals surface area contributed by atoms with E-state index < -0.39 is 11.7 Å². The molecule has 0 heterocycles. The molecule has 1 N–H and O–H groups in total. The molecule has 5 heteroatoms. The van der Waals surface area contributed by atoms with Gasteiger partial charge in [0.25, 0.3) is 0 Å². The molecule has 0 aliphatic carbocycles. The van der Waals surface area contributed by atoms with Crippen LogP contribution in [0.5, 0.6) is 11.5 Å². The highest BCUT2D eigenvalue weighted by Gasteiger charge is 2.21. The fourth-order valence-corrected chi connectivity index (χ4v) is 1.23. The molecule has 0 aliphatic heterocycles. The summed E-state index contributed by atoms with van der Waals surface area (Å²) in [6, 6.07) is 4.58. The van der Waals surface area contributed by atoms with Crippen LogP contribution < -0.4 is 4.74 Å². The van der Waals surface area contributed by atoms with Crippen LogP contribution in [0.4, 0.5) is 0 Å². The second-order valence-electron chi connectivity index (χ2n) is 2.87. The molecule has 0 bridgehead atoms. The largest absolute Gasteiger partial charge is 0.506 e. The van der Waals surface area contributed by atoms with Crippen LogP contribution in [0.2, 0.25) is 0 Å². The van der Waals surface area contributed by atoms with Crippen molar-refractivity contribution in [3.05, 3.63) is 23.3 Å². The predicted molar refractivity (Wildman–Crippen MR) is 55.3 cm³/mol. The van der Waals surface area contributed by atoms with Crippen LogP contribution in [0.15, 0.2) is 12.1 Å². The second kappa shape index (κ2) is 5.03. The molecular weight excluding hydrogens is 210 g/mol. The molecule has 1 aromatic rings. The minimum Gasteiger partial charge on any atom is -0.506 e. The van der Waals surface area contributed by atoms with Gasteiger partial charge in [-0.2, -0.15) is 5.26 Å². The summed E-state index contributed by atoms with van der Waals surface area (Å²) in [5, 5.41) is 18.4. The standard InChI is InChI=1S/C11H11NO4/c1-3-16-11(14)9-8(15-2)5-4-7(6-12)10(9)13/h4-5,13H,3H2,1-2H3. The van der Waals surface area contributed by atoms with Crippen LogP contribution in [0.1, 0.15) is 22.8 Å². The summed E-state index contributed by atoms with van der Waals surface area (Å²) in [6.45, 7) is 1.83. The molecule has 0 aliphatic rings. The van der Waals surface area contributed by atoms with Gasteiger partial charge in [0.1, 0.15) is 17.4 Å². The number of carbonyl (C=O) groups excluding carboxylic acids is 1. The van der Waals surface area contributed by atoms with Crippen LogP contribution in [-0.2, 0) is 4.74 Å². The van der Waals surface area contributed by atoms with E-state index in [0.29, 0.717) is 0 Å². The first kappa shape index (κ1) is 11.9. The van der Waals surface area contributed by atoms with Crippen molar-refractivity contribution in [3.63, 3.8) is 0 Å². The fraction of sp³-hybridized carbons (Fsp3) is 0.273. The molecule has 0 fully saturated rings. The van der Waals surface area contributed by atoms with Gasteiger partial charge in [0.05, 0.1) is 19.3 Å². The zero-order valence-electron chi connectivity index (χ0n) is 8.98. The van der Waals surface area contributed by atoms with Crippen molar-refractivity contribution >= 4 is 5.97 Å². The Balaban J connectivity index is 3.33. The molecule has 0 saturated carbocycles. The average Bonchev–Trinajstić information content (AvgIpc) is 2.28. The third-order valence-corrected chi connectivity index (χ3v) is 1.96. The number of carbonyl (C=O) groups is 1. The lowest BCUT2D eigenvalue weighted by Crippen LogP contribution is -2.07. The summed E-state index contributed by atoms with van der Waals surface area (Å²) in [7, 11) is 1.36. The van der Waals surface area contributed by atoms with E-state index in [1.165, 1.54) is 19.2 Å². The normalized spacial score (nSPS) is 9.31. The van der Waals surface area contributed by atoms with Gasteiger partial charge in [-0.3, -0.25) is 0 Å². The lowest BCUT2D eigenvalue weighted by atomic mass is 10.1. The Hall–Kier alpha value is -2.22. The highest BCUT2D eigenvalue weighted by Crippen LogP contribution is 2.31. The Morgan fingerprint density at radius 1 is 1.56 bits per heavy atom. The first-order valence-corrected chi connectivity index (χ1v) is 4.62. The summed E-state index contributed by atoms with van der Waals surface area (Å²) in [6.07, 6.45) is 0. The number of hydrogen-bond acceptors (Lipinski definition) is 5. The van der Waals surface area contributed by atoms with Crippen LogP contribution >= 0.6 is 0 Å². The van der Waals surface area contributed by atoms with Crippen molar-refractivity contribution in [3.8, 4) is 17.6 Å². The van der Waals surface area contributed by atoms with E-state index in [-0.39, 0.29) is 23.5 Å². The first-order chi connectivity index (χ1) is 7.65. The van der Waals surface area contributed by atoms with E-state index in [9.17, 15) is 9.90 Å². The maximum Gasteiger partial charge on any atom is 0.345 e. The molecule has 0 unspecified atom stereocenters. The number of aromatic hydroxyl groups is 1. The van der Waals surface area contributed by atoms with Gasteiger partial charge in [-0.15, -0.1) is 0 Å². The third-order valence-electron chi connectivity index (χ3n) is 1.96. The number of esters is 1. The van der Waals surface area contributed by atoms with E-state index >= 15 is 0 Å². The van der Waals surface area contributed by atoms with Crippen molar-refractivity contribution in [1.29, 1.82) is 5.26 Å². The third kappa shape index (κ3) is 2.06.